The summed E-state index contributed by atoms with van der Waals surface area (Å²) in [5.41, 5.74) is 1.95. The molecule has 0 bridgehead atoms. The predicted molar refractivity (Wildman–Crippen MR) is 81.4 cm³/mol. The molecule has 1 unspecified atom stereocenters. The number of nitrogens with zero attached hydrogens (tertiary/aromatic N) is 2. The standard InChI is InChI=1S/C15H23N3O2/c1-12-6-7-14(15(11-12)18(19)20)17-10-4-3-5-13(17)8-9-16-2/h6-7,11,13,16H,3-5,8-10H2,1-2H3. The molecule has 1 heterocycles. The summed E-state index contributed by atoms with van der Waals surface area (Å²) in [4.78, 5) is 13.3. The Hall–Kier alpha value is -1.62. The highest BCUT2D eigenvalue weighted by atomic mass is 16.6. The van der Waals surface area contributed by atoms with Crippen LogP contribution >= 0.6 is 0 Å². The van der Waals surface area contributed by atoms with Gasteiger partial charge in [-0.25, -0.2) is 0 Å². The summed E-state index contributed by atoms with van der Waals surface area (Å²) in [6, 6.07) is 5.95. The topological polar surface area (TPSA) is 58.4 Å². The van der Waals surface area contributed by atoms with Crippen LogP contribution in [-0.4, -0.2) is 31.1 Å². The lowest BCUT2D eigenvalue weighted by Crippen LogP contribution is -2.41. The Morgan fingerprint density at radius 3 is 2.95 bits per heavy atom. The fraction of sp³-hybridized carbons (Fsp3) is 0.600. The van der Waals surface area contributed by atoms with Crippen LogP contribution in [0.4, 0.5) is 11.4 Å². The third-order valence-corrected chi connectivity index (χ3v) is 3.99. The van der Waals surface area contributed by atoms with Crippen LogP contribution in [0.3, 0.4) is 0 Å². The number of benzene rings is 1. The molecular formula is C15H23N3O2. The molecular weight excluding hydrogens is 254 g/mol. The average Bonchev–Trinajstić information content (AvgIpc) is 2.45. The van der Waals surface area contributed by atoms with Crippen molar-refractivity contribution < 1.29 is 4.92 Å². The van der Waals surface area contributed by atoms with Gasteiger partial charge in [-0.1, -0.05) is 6.07 Å². The molecule has 1 aromatic carbocycles. The summed E-state index contributed by atoms with van der Waals surface area (Å²) in [6.07, 6.45) is 4.47. The number of anilines is 1. The van der Waals surface area contributed by atoms with Crippen LogP contribution in [0.5, 0.6) is 0 Å². The van der Waals surface area contributed by atoms with E-state index in [1.165, 1.54) is 6.42 Å². The minimum Gasteiger partial charge on any atom is -0.363 e. The van der Waals surface area contributed by atoms with Gasteiger partial charge in [0.15, 0.2) is 0 Å². The molecule has 0 aromatic heterocycles. The van der Waals surface area contributed by atoms with Crippen molar-refractivity contribution in [1.29, 1.82) is 0 Å². The molecule has 1 aromatic rings. The third kappa shape index (κ3) is 3.28. The van der Waals surface area contributed by atoms with Crippen LogP contribution < -0.4 is 10.2 Å². The van der Waals surface area contributed by atoms with E-state index in [4.69, 9.17) is 0 Å². The summed E-state index contributed by atoms with van der Waals surface area (Å²) in [6.45, 7) is 3.75. The average molecular weight is 277 g/mol. The number of aryl methyl sites for hydroxylation is 1. The van der Waals surface area contributed by atoms with E-state index < -0.39 is 0 Å². The molecule has 0 radical (unpaired) electrons. The number of rotatable bonds is 5. The largest absolute Gasteiger partial charge is 0.363 e. The predicted octanol–water partition coefficient (Wildman–Crippen LogP) is 2.87. The van der Waals surface area contributed by atoms with Gasteiger partial charge in [0.25, 0.3) is 5.69 Å². The molecule has 1 N–H and O–H groups in total. The minimum absolute atomic E-state index is 0.237. The number of nitro groups is 1. The normalized spacial score (nSPS) is 19.1. The molecule has 0 saturated carbocycles. The highest BCUT2D eigenvalue weighted by Gasteiger charge is 2.27. The molecule has 2 rings (SSSR count). The van der Waals surface area contributed by atoms with Gasteiger partial charge < -0.3 is 10.2 Å². The molecule has 1 aliphatic rings. The van der Waals surface area contributed by atoms with Crippen molar-refractivity contribution in [2.75, 3.05) is 25.0 Å². The molecule has 0 spiro atoms. The number of hydrogen-bond donors (Lipinski definition) is 1. The molecule has 5 heteroatoms. The molecule has 1 aliphatic heterocycles. The number of piperidine rings is 1. The Kier molecular flexibility index (Phi) is 4.95. The summed E-state index contributed by atoms with van der Waals surface area (Å²) in [5, 5.41) is 14.5. The van der Waals surface area contributed by atoms with Gasteiger partial charge in [0.05, 0.1) is 4.92 Å². The second-order valence-corrected chi connectivity index (χ2v) is 5.48. The Balaban J connectivity index is 2.29. The first-order chi connectivity index (χ1) is 9.63. The van der Waals surface area contributed by atoms with Gasteiger partial charge in [-0.3, -0.25) is 10.1 Å². The van der Waals surface area contributed by atoms with Gasteiger partial charge in [-0.2, -0.15) is 0 Å². The molecule has 1 atom stereocenters. The van der Waals surface area contributed by atoms with E-state index in [9.17, 15) is 10.1 Å². The van der Waals surface area contributed by atoms with Crippen molar-refractivity contribution in [2.24, 2.45) is 0 Å². The van der Waals surface area contributed by atoms with E-state index in [1.807, 2.05) is 26.1 Å². The third-order valence-electron chi connectivity index (χ3n) is 3.99. The lowest BCUT2D eigenvalue weighted by atomic mass is 9.98. The van der Waals surface area contributed by atoms with Crippen LogP contribution in [0, 0.1) is 17.0 Å². The van der Waals surface area contributed by atoms with Crippen LogP contribution in [0.1, 0.15) is 31.2 Å². The van der Waals surface area contributed by atoms with E-state index in [2.05, 4.69) is 10.2 Å². The first-order valence-corrected chi connectivity index (χ1v) is 7.29. The lowest BCUT2D eigenvalue weighted by Gasteiger charge is -2.37. The van der Waals surface area contributed by atoms with Crippen molar-refractivity contribution in [2.45, 2.75) is 38.6 Å². The van der Waals surface area contributed by atoms with Crippen molar-refractivity contribution in [3.05, 3.63) is 33.9 Å². The summed E-state index contributed by atoms with van der Waals surface area (Å²) in [5.74, 6) is 0. The van der Waals surface area contributed by atoms with E-state index in [1.54, 1.807) is 6.07 Å². The summed E-state index contributed by atoms with van der Waals surface area (Å²) >= 11 is 0. The molecule has 1 saturated heterocycles. The van der Waals surface area contributed by atoms with Crippen molar-refractivity contribution in [1.82, 2.24) is 5.32 Å². The zero-order chi connectivity index (χ0) is 14.5. The van der Waals surface area contributed by atoms with Crippen molar-refractivity contribution >= 4 is 11.4 Å². The van der Waals surface area contributed by atoms with Crippen molar-refractivity contribution in [3.8, 4) is 0 Å². The second kappa shape index (κ2) is 6.70. The lowest BCUT2D eigenvalue weighted by molar-refractivity contribution is -0.384. The second-order valence-electron chi connectivity index (χ2n) is 5.48. The number of nitrogens with one attached hydrogen (secondary N) is 1. The van der Waals surface area contributed by atoms with Crippen LogP contribution in [0.25, 0.3) is 0 Å². The summed E-state index contributed by atoms with van der Waals surface area (Å²) in [7, 11) is 1.95. The van der Waals surface area contributed by atoms with E-state index in [-0.39, 0.29) is 10.6 Å². The first kappa shape index (κ1) is 14.8. The van der Waals surface area contributed by atoms with Gasteiger partial charge in [0.2, 0.25) is 0 Å². The zero-order valence-electron chi connectivity index (χ0n) is 12.3. The van der Waals surface area contributed by atoms with E-state index in [0.29, 0.717) is 6.04 Å². The maximum atomic E-state index is 11.3. The molecule has 1 fully saturated rings. The Morgan fingerprint density at radius 1 is 1.45 bits per heavy atom. The molecule has 0 amide bonds. The summed E-state index contributed by atoms with van der Waals surface area (Å²) < 4.78 is 0. The van der Waals surface area contributed by atoms with Crippen LogP contribution in [0.2, 0.25) is 0 Å². The highest BCUT2D eigenvalue weighted by Crippen LogP contribution is 2.34. The Bertz CT molecular complexity index is 476. The maximum absolute atomic E-state index is 11.3. The van der Waals surface area contributed by atoms with Gasteiger partial charge in [-0.15, -0.1) is 0 Å². The fourth-order valence-corrected chi connectivity index (χ4v) is 2.95. The van der Waals surface area contributed by atoms with Crippen molar-refractivity contribution in [3.63, 3.8) is 0 Å². The zero-order valence-corrected chi connectivity index (χ0v) is 12.3. The molecule has 5 nitrogen and oxygen atoms in total. The monoisotopic (exact) mass is 277 g/mol. The van der Waals surface area contributed by atoms with Crippen LogP contribution in [0.15, 0.2) is 18.2 Å². The van der Waals surface area contributed by atoms with Gasteiger partial charge in [0, 0.05) is 18.7 Å². The van der Waals surface area contributed by atoms with Crippen LogP contribution in [-0.2, 0) is 0 Å². The SMILES string of the molecule is CNCCC1CCCCN1c1ccc(C)cc1[N+](=O)[O-]. The van der Waals surface area contributed by atoms with E-state index >= 15 is 0 Å². The highest BCUT2D eigenvalue weighted by molar-refractivity contribution is 5.65. The number of nitro benzene ring substituents is 1. The smallest absolute Gasteiger partial charge is 0.292 e. The first-order valence-electron chi connectivity index (χ1n) is 7.29. The number of hydrogen-bond acceptors (Lipinski definition) is 4. The molecule has 20 heavy (non-hydrogen) atoms. The Morgan fingerprint density at radius 2 is 2.25 bits per heavy atom. The fourth-order valence-electron chi connectivity index (χ4n) is 2.95. The van der Waals surface area contributed by atoms with Gasteiger partial charge in [-0.05, 0) is 57.8 Å². The van der Waals surface area contributed by atoms with Gasteiger partial charge in [0.1, 0.15) is 5.69 Å². The molecule has 110 valence electrons. The maximum Gasteiger partial charge on any atom is 0.292 e. The van der Waals surface area contributed by atoms with Gasteiger partial charge >= 0.3 is 0 Å². The minimum atomic E-state index is -0.258. The Labute approximate surface area is 120 Å². The van der Waals surface area contributed by atoms with E-state index in [0.717, 1.165) is 43.6 Å². The quantitative estimate of drug-likeness (QED) is 0.664. The molecule has 0 aliphatic carbocycles.